The summed E-state index contributed by atoms with van der Waals surface area (Å²) < 4.78 is 6.86. The Morgan fingerprint density at radius 2 is 2.18 bits per heavy atom. The van der Waals surface area contributed by atoms with Crippen LogP contribution in [0.3, 0.4) is 0 Å². The van der Waals surface area contributed by atoms with Gasteiger partial charge in [0.2, 0.25) is 5.91 Å². The normalized spacial score (nSPS) is 10.9. The third kappa shape index (κ3) is 3.67. The molecule has 2 heterocycles. The Kier molecular flexibility index (Phi) is 4.75. The van der Waals surface area contributed by atoms with Crippen LogP contribution in [0.5, 0.6) is 0 Å². The standard InChI is InChI=1S/C15H16N4O2S/c20-15(16-7-9-22-11-12-4-3-8-21-12)10-19-14-6-2-1-5-13(14)17-18-19/h1-6,8H,7,9-11H2,(H,16,20). The molecule has 0 aliphatic carbocycles. The Balaban J connectivity index is 1.41. The number of para-hydroxylation sites is 1. The fraction of sp³-hybridized carbons (Fsp3) is 0.267. The smallest absolute Gasteiger partial charge is 0.241 e. The molecule has 6 nitrogen and oxygen atoms in total. The van der Waals surface area contributed by atoms with Gasteiger partial charge in [-0.2, -0.15) is 11.8 Å². The fourth-order valence-electron chi connectivity index (χ4n) is 2.06. The molecule has 0 unspecified atom stereocenters. The van der Waals surface area contributed by atoms with Gasteiger partial charge >= 0.3 is 0 Å². The second-order valence-electron chi connectivity index (χ2n) is 4.72. The highest BCUT2D eigenvalue weighted by Crippen LogP contribution is 2.11. The Morgan fingerprint density at radius 1 is 1.27 bits per heavy atom. The monoisotopic (exact) mass is 316 g/mol. The summed E-state index contributed by atoms with van der Waals surface area (Å²) in [4.78, 5) is 11.9. The molecule has 0 saturated carbocycles. The third-order valence-electron chi connectivity index (χ3n) is 3.11. The van der Waals surface area contributed by atoms with Crippen molar-refractivity contribution >= 4 is 28.7 Å². The van der Waals surface area contributed by atoms with E-state index >= 15 is 0 Å². The Bertz CT molecular complexity index is 739. The molecule has 22 heavy (non-hydrogen) atoms. The second kappa shape index (κ2) is 7.13. The number of thioether (sulfide) groups is 1. The van der Waals surface area contributed by atoms with Crippen LogP contribution < -0.4 is 5.32 Å². The summed E-state index contributed by atoms with van der Waals surface area (Å²) in [6.45, 7) is 0.806. The first-order valence-electron chi connectivity index (χ1n) is 6.98. The van der Waals surface area contributed by atoms with Crippen LogP contribution >= 0.6 is 11.8 Å². The van der Waals surface area contributed by atoms with Crippen LogP contribution in [0.1, 0.15) is 5.76 Å². The van der Waals surface area contributed by atoms with Crippen molar-refractivity contribution < 1.29 is 9.21 Å². The lowest BCUT2D eigenvalue weighted by Gasteiger charge is -2.05. The minimum absolute atomic E-state index is 0.0609. The molecule has 1 aromatic carbocycles. The topological polar surface area (TPSA) is 73.0 Å². The molecule has 0 spiro atoms. The van der Waals surface area contributed by atoms with E-state index in [1.165, 1.54) is 0 Å². The summed E-state index contributed by atoms with van der Waals surface area (Å²) in [7, 11) is 0. The van der Waals surface area contributed by atoms with E-state index in [9.17, 15) is 4.79 Å². The van der Waals surface area contributed by atoms with E-state index in [0.717, 1.165) is 28.3 Å². The molecular formula is C15H16N4O2S. The molecule has 0 aliphatic rings. The molecule has 0 fully saturated rings. The first-order chi connectivity index (χ1) is 10.8. The Labute approximate surface area is 131 Å². The average molecular weight is 316 g/mol. The number of benzene rings is 1. The molecule has 7 heteroatoms. The minimum Gasteiger partial charge on any atom is -0.468 e. The van der Waals surface area contributed by atoms with Gasteiger partial charge in [0.05, 0.1) is 17.5 Å². The number of carbonyl (C=O) groups excluding carboxylic acids is 1. The molecule has 0 aliphatic heterocycles. The number of carbonyl (C=O) groups is 1. The molecule has 0 atom stereocenters. The van der Waals surface area contributed by atoms with Crippen LogP contribution in [0.25, 0.3) is 11.0 Å². The molecule has 0 radical (unpaired) electrons. The molecule has 1 N–H and O–H groups in total. The maximum Gasteiger partial charge on any atom is 0.241 e. The molecule has 114 valence electrons. The van der Waals surface area contributed by atoms with Crippen LogP contribution in [-0.2, 0) is 17.1 Å². The Morgan fingerprint density at radius 3 is 3.05 bits per heavy atom. The van der Waals surface area contributed by atoms with Gasteiger partial charge in [0.1, 0.15) is 17.8 Å². The predicted octanol–water partition coefficient (Wildman–Crippen LogP) is 2.07. The number of nitrogens with one attached hydrogen (secondary N) is 1. The summed E-state index contributed by atoms with van der Waals surface area (Å²) in [5.74, 6) is 2.54. The zero-order chi connectivity index (χ0) is 15.2. The minimum atomic E-state index is -0.0609. The highest BCUT2D eigenvalue weighted by Gasteiger charge is 2.07. The van der Waals surface area contributed by atoms with Crippen LogP contribution in [0.15, 0.2) is 47.1 Å². The zero-order valence-corrected chi connectivity index (χ0v) is 12.8. The van der Waals surface area contributed by atoms with E-state index in [1.807, 2.05) is 36.4 Å². The lowest BCUT2D eigenvalue weighted by atomic mass is 10.3. The van der Waals surface area contributed by atoms with Crippen molar-refractivity contribution in [1.29, 1.82) is 0 Å². The maximum atomic E-state index is 11.9. The highest BCUT2D eigenvalue weighted by molar-refractivity contribution is 7.98. The number of aromatic nitrogens is 3. The van der Waals surface area contributed by atoms with Gasteiger partial charge in [0.15, 0.2) is 0 Å². The van der Waals surface area contributed by atoms with Crippen molar-refractivity contribution in [2.75, 3.05) is 12.3 Å². The van der Waals surface area contributed by atoms with E-state index in [0.29, 0.717) is 6.54 Å². The number of hydrogen-bond donors (Lipinski definition) is 1. The molecular weight excluding hydrogens is 300 g/mol. The van der Waals surface area contributed by atoms with E-state index in [2.05, 4.69) is 15.6 Å². The van der Waals surface area contributed by atoms with Crippen molar-refractivity contribution in [2.45, 2.75) is 12.3 Å². The van der Waals surface area contributed by atoms with Crippen molar-refractivity contribution in [3.8, 4) is 0 Å². The number of nitrogens with zero attached hydrogens (tertiary/aromatic N) is 3. The van der Waals surface area contributed by atoms with Gasteiger partial charge in [-0.15, -0.1) is 5.10 Å². The number of fused-ring (bicyclic) bond motifs is 1. The zero-order valence-electron chi connectivity index (χ0n) is 11.9. The first kappa shape index (κ1) is 14.6. The lowest BCUT2D eigenvalue weighted by molar-refractivity contribution is -0.121. The number of rotatable bonds is 7. The summed E-state index contributed by atoms with van der Waals surface area (Å²) in [6.07, 6.45) is 1.67. The van der Waals surface area contributed by atoms with Crippen LogP contribution in [0.2, 0.25) is 0 Å². The third-order valence-corrected chi connectivity index (χ3v) is 4.09. The van der Waals surface area contributed by atoms with E-state index in [1.54, 1.807) is 22.7 Å². The molecule has 0 bridgehead atoms. The van der Waals surface area contributed by atoms with Gasteiger partial charge in [-0.1, -0.05) is 17.3 Å². The quantitative estimate of drug-likeness (QED) is 0.676. The summed E-state index contributed by atoms with van der Waals surface area (Å²) >= 11 is 1.72. The summed E-state index contributed by atoms with van der Waals surface area (Å²) in [5, 5.41) is 10.9. The van der Waals surface area contributed by atoms with Crippen molar-refractivity contribution in [2.24, 2.45) is 0 Å². The predicted molar refractivity (Wildman–Crippen MR) is 85.4 cm³/mol. The van der Waals surface area contributed by atoms with Crippen LogP contribution in [0.4, 0.5) is 0 Å². The molecule has 2 aromatic heterocycles. The average Bonchev–Trinajstić information content (AvgIpc) is 3.17. The van der Waals surface area contributed by atoms with E-state index in [4.69, 9.17) is 4.42 Å². The van der Waals surface area contributed by atoms with Gasteiger partial charge in [-0.3, -0.25) is 4.79 Å². The molecule has 1 amide bonds. The number of furan rings is 1. The van der Waals surface area contributed by atoms with Gasteiger partial charge in [-0.25, -0.2) is 4.68 Å². The second-order valence-corrected chi connectivity index (χ2v) is 5.82. The first-order valence-corrected chi connectivity index (χ1v) is 8.13. The van der Waals surface area contributed by atoms with Gasteiger partial charge in [0.25, 0.3) is 0 Å². The van der Waals surface area contributed by atoms with Gasteiger partial charge < -0.3 is 9.73 Å². The van der Waals surface area contributed by atoms with E-state index < -0.39 is 0 Å². The summed E-state index contributed by atoms with van der Waals surface area (Å²) in [5.41, 5.74) is 1.66. The summed E-state index contributed by atoms with van der Waals surface area (Å²) in [6, 6.07) is 11.4. The largest absolute Gasteiger partial charge is 0.468 e. The maximum absolute atomic E-state index is 11.9. The van der Waals surface area contributed by atoms with Crippen molar-refractivity contribution in [1.82, 2.24) is 20.3 Å². The SMILES string of the molecule is O=C(Cn1nnc2ccccc21)NCCSCc1ccco1. The highest BCUT2D eigenvalue weighted by atomic mass is 32.2. The van der Waals surface area contributed by atoms with Crippen molar-refractivity contribution in [3.63, 3.8) is 0 Å². The van der Waals surface area contributed by atoms with Gasteiger partial charge in [0, 0.05) is 12.3 Å². The fourth-order valence-corrected chi connectivity index (χ4v) is 2.81. The van der Waals surface area contributed by atoms with Crippen molar-refractivity contribution in [3.05, 3.63) is 48.4 Å². The Hall–Kier alpha value is -2.28. The van der Waals surface area contributed by atoms with Crippen LogP contribution in [0, 0.1) is 0 Å². The van der Waals surface area contributed by atoms with Gasteiger partial charge in [-0.05, 0) is 24.3 Å². The van der Waals surface area contributed by atoms with Crippen LogP contribution in [-0.4, -0.2) is 33.2 Å². The van der Waals surface area contributed by atoms with E-state index in [-0.39, 0.29) is 12.5 Å². The number of hydrogen-bond acceptors (Lipinski definition) is 5. The lowest BCUT2D eigenvalue weighted by Crippen LogP contribution is -2.29. The molecule has 3 aromatic rings. The molecule has 3 rings (SSSR count). The number of amides is 1. The molecule has 0 saturated heterocycles.